The second-order valence-electron chi connectivity index (χ2n) is 4.50. The number of aromatic nitrogens is 3. The number of halogens is 1. The molecule has 2 aromatic heterocycles. The van der Waals surface area contributed by atoms with Gasteiger partial charge in [-0.3, -0.25) is 4.68 Å². The third kappa shape index (κ3) is 2.65. The largest absolute Gasteiger partial charge is 0.456 e. The summed E-state index contributed by atoms with van der Waals surface area (Å²) >= 11 is 6.09. The lowest BCUT2D eigenvalue weighted by Gasteiger charge is -2.07. The average Bonchev–Trinajstić information content (AvgIpc) is 2.89. The van der Waals surface area contributed by atoms with Crippen molar-refractivity contribution in [3.63, 3.8) is 0 Å². The van der Waals surface area contributed by atoms with E-state index >= 15 is 0 Å². The van der Waals surface area contributed by atoms with Gasteiger partial charge in [-0.25, -0.2) is 4.79 Å². The van der Waals surface area contributed by atoms with Crippen LogP contribution < -0.4 is 5.73 Å². The molecule has 7 heteroatoms. The molecule has 0 unspecified atom stereocenters. The highest BCUT2D eigenvalue weighted by Gasteiger charge is 2.17. The lowest BCUT2D eigenvalue weighted by Crippen LogP contribution is -2.11. The normalized spacial score (nSPS) is 10.8. The summed E-state index contributed by atoms with van der Waals surface area (Å²) in [7, 11) is 1.74. The zero-order valence-corrected chi connectivity index (χ0v) is 12.4. The van der Waals surface area contributed by atoms with Crippen molar-refractivity contribution >= 4 is 23.3 Å². The van der Waals surface area contributed by atoms with Gasteiger partial charge in [0, 0.05) is 25.4 Å². The lowest BCUT2D eigenvalue weighted by molar-refractivity contribution is 0.0460. The maximum absolute atomic E-state index is 12.1. The number of nitrogens with zero attached hydrogens (tertiary/aromatic N) is 3. The van der Waals surface area contributed by atoms with Crippen LogP contribution >= 0.6 is 11.6 Å². The molecule has 2 rings (SSSR count). The molecule has 2 N–H and O–H groups in total. The van der Waals surface area contributed by atoms with Crippen LogP contribution in [0.3, 0.4) is 0 Å². The number of carbonyl (C=O) groups is 1. The first-order valence-electron chi connectivity index (χ1n) is 6.24. The smallest absolute Gasteiger partial charge is 0.355 e. The maximum Gasteiger partial charge on any atom is 0.355 e. The zero-order valence-electron chi connectivity index (χ0n) is 11.7. The molecular weight excluding hydrogens is 280 g/mol. The van der Waals surface area contributed by atoms with E-state index in [1.54, 1.807) is 28.6 Å². The molecule has 0 radical (unpaired) electrons. The number of anilines is 1. The van der Waals surface area contributed by atoms with Crippen LogP contribution in [0.15, 0.2) is 12.3 Å². The molecule has 0 aliphatic heterocycles. The average molecular weight is 297 g/mol. The van der Waals surface area contributed by atoms with Crippen molar-refractivity contribution < 1.29 is 9.53 Å². The molecular formula is C13H17ClN4O2. The van der Waals surface area contributed by atoms with Crippen LogP contribution in [0.4, 0.5) is 5.69 Å². The van der Waals surface area contributed by atoms with E-state index in [0.29, 0.717) is 28.6 Å². The molecule has 0 aromatic carbocycles. The molecule has 20 heavy (non-hydrogen) atoms. The summed E-state index contributed by atoms with van der Waals surface area (Å²) in [5.41, 5.74) is 8.12. The zero-order chi connectivity index (χ0) is 14.9. The highest BCUT2D eigenvalue weighted by molar-refractivity contribution is 6.30. The minimum atomic E-state index is -0.428. The monoisotopic (exact) mass is 296 g/mol. The van der Waals surface area contributed by atoms with E-state index in [-0.39, 0.29) is 6.61 Å². The third-order valence-electron chi connectivity index (χ3n) is 3.09. The predicted molar refractivity (Wildman–Crippen MR) is 76.6 cm³/mol. The van der Waals surface area contributed by atoms with E-state index in [2.05, 4.69) is 5.10 Å². The summed E-state index contributed by atoms with van der Waals surface area (Å²) in [6, 6.07) is 1.60. The standard InChI is InChI=1S/C13H17ClN4O2/c1-4-18-6-9(15)5-11(18)13(19)20-7-10-8(2)16-17(3)12(10)14/h5-6H,4,7,15H2,1-3H3. The molecule has 0 aliphatic rings. The van der Waals surface area contributed by atoms with E-state index in [0.717, 1.165) is 5.69 Å². The van der Waals surface area contributed by atoms with Crippen LogP contribution in [0.25, 0.3) is 0 Å². The number of rotatable bonds is 4. The van der Waals surface area contributed by atoms with Gasteiger partial charge in [0.1, 0.15) is 17.5 Å². The topological polar surface area (TPSA) is 75.1 Å². The Hall–Kier alpha value is -1.95. The Morgan fingerprint density at radius 3 is 2.80 bits per heavy atom. The lowest BCUT2D eigenvalue weighted by atomic mass is 10.3. The molecule has 108 valence electrons. The number of aryl methyl sites for hydroxylation is 3. The Morgan fingerprint density at radius 2 is 2.25 bits per heavy atom. The summed E-state index contributed by atoms with van der Waals surface area (Å²) in [6.07, 6.45) is 1.71. The van der Waals surface area contributed by atoms with Crippen molar-refractivity contribution in [2.24, 2.45) is 7.05 Å². The van der Waals surface area contributed by atoms with Gasteiger partial charge in [0.05, 0.1) is 11.4 Å². The molecule has 0 spiro atoms. The quantitative estimate of drug-likeness (QED) is 0.877. The first-order chi connectivity index (χ1) is 9.43. The molecule has 0 fully saturated rings. The van der Waals surface area contributed by atoms with E-state index in [9.17, 15) is 4.79 Å². The van der Waals surface area contributed by atoms with Crippen molar-refractivity contribution in [3.8, 4) is 0 Å². The van der Waals surface area contributed by atoms with Crippen LogP contribution in [0, 0.1) is 6.92 Å². The molecule has 0 saturated heterocycles. The predicted octanol–water partition coefficient (Wildman–Crippen LogP) is 2.14. The molecule has 0 saturated carbocycles. The van der Waals surface area contributed by atoms with Gasteiger partial charge in [-0.05, 0) is 19.9 Å². The van der Waals surface area contributed by atoms with Crippen molar-refractivity contribution in [2.45, 2.75) is 27.0 Å². The Bertz CT molecular complexity index is 645. The molecule has 2 heterocycles. The van der Waals surface area contributed by atoms with Crippen LogP contribution in [-0.4, -0.2) is 20.3 Å². The molecule has 0 amide bonds. The van der Waals surface area contributed by atoms with E-state index in [4.69, 9.17) is 22.1 Å². The van der Waals surface area contributed by atoms with Gasteiger partial charge < -0.3 is 15.0 Å². The van der Waals surface area contributed by atoms with Gasteiger partial charge in [-0.15, -0.1) is 0 Å². The van der Waals surface area contributed by atoms with Crippen molar-refractivity contribution in [2.75, 3.05) is 5.73 Å². The summed E-state index contributed by atoms with van der Waals surface area (Å²) < 4.78 is 8.59. The Kier molecular flexibility index (Phi) is 4.04. The van der Waals surface area contributed by atoms with Crippen LogP contribution in [0.5, 0.6) is 0 Å². The number of esters is 1. The second kappa shape index (κ2) is 5.58. The number of ether oxygens (including phenoxy) is 1. The van der Waals surface area contributed by atoms with Gasteiger partial charge in [-0.1, -0.05) is 11.6 Å². The number of hydrogen-bond donors (Lipinski definition) is 1. The van der Waals surface area contributed by atoms with Gasteiger partial charge in [0.2, 0.25) is 0 Å². The number of hydrogen-bond acceptors (Lipinski definition) is 4. The minimum Gasteiger partial charge on any atom is -0.456 e. The van der Waals surface area contributed by atoms with Gasteiger partial charge in [0.15, 0.2) is 0 Å². The first-order valence-corrected chi connectivity index (χ1v) is 6.62. The Morgan fingerprint density at radius 1 is 1.55 bits per heavy atom. The summed E-state index contributed by atoms with van der Waals surface area (Å²) in [6.45, 7) is 4.49. The summed E-state index contributed by atoms with van der Waals surface area (Å²) in [4.78, 5) is 12.1. The van der Waals surface area contributed by atoms with E-state index in [1.165, 1.54) is 0 Å². The van der Waals surface area contributed by atoms with Gasteiger partial charge >= 0.3 is 5.97 Å². The SMILES string of the molecule is CCn1cc(N)cc1C(=O)OCc1c(C)nn(C)c1Cl. The van der Waals surface area contributed by atoms with E-state index in [1.807, 2.05) is 13.8 Å². The molecule has 6 nitrogen and oxygen atoms in total. The molecule has 0 bridgehead atoms. The van der Waals surface area contributed by atoms with Crippen LogP contribution in [0.1, 0.15) is 28.7 Å². The molecule has 0 atom stereocenters. The van der Waals surface area contributed by atoms with Crippen LogP contribution in [-0.2, 0) is 24.9 Å². The van der Waals surface area contributed by atoms with Gasteiger partial charge in [0.25, 0.3) is 0 Å². The Labute approximate surface area is 122 Å². The number of carbonyl (C=O) groups excluding carboxylic acids is 1. The fourth-order valence-electron chi connectivity index (χ4n) is 2.01. The van der Waals surface area contributed by atoms with Crippen molar-refractivity contribution in [3.05, 3.63) is 34.4 Å². The third-order valence-corrected chi connectivity index (χ3v) is 3.56. The molecule has 0 aliphatic carbocycles. The number of nitrogen functional groups attached to an aromatic ring is 1. The molecule has 2 aromatic rings. The second-order valence-corrected chi connectivity index (χ2v) is 4.86. The van der Waals surface area contributed by atoms with Crippen molar-refractivity contribution in [1.29, 1.82) is 0 Å². The summed E-state index contributed by atoms with van der Waals surface area (Å²) in [5.74, 6) is -0.428. The maximum atomic E-state index is 12.1. The first kappa shape index (κ1) is 14.5. The highest BCUT2D eigenvalue weighted by Crippen LogP contribution is 2.20. The number of nitrogens with two attached hydrogens (primary N) is 1. The Balaban J connectivity index is 2.12. The van der Waals surface area contributed by atoms with Crippen molar-refractivity contribution in [1.82, 2.24) is 14.3 Å². The van der Waals surface area contributed by atoms with E-state index < -0.39 is 5.97 Å². The highest BCUT2D eigenvalue weighted by atomic mass is 35.5. The van der Waals surface area contributed by atoms with Crippen LogP contribution in [0.2, 0.25) is 5.15 Å². The fraction of sp³-hybridized carbons (Fsp3) is 0.385. The van der Waals surface area contributed by atoms with Gasteiger partial charge in [-0.2, -0.15) is 5.10 Å². The minimum absolute atomic E-state index is 0.0894. The summed E-state index contributed by atoms with van der Waals surface area (Å²) in [5, 5.41) is 4.64. The fourth-order valence-corrected chi connectivity index (χ4v) is 2.24.